The number of carboxylic acids is 1. The highest BCUT2D eigenvalue weighted by molar-refractivity contribution is 8.01. The lowest BCUT2D eigenvalue weighted by atomic mass is 10.1. The van der Waals surface area contributed by atoms with Crippen LogP contribution < -0.4 is 4.90 Å². The van der Waals surface area contributed by atoms with Gasteiger partial charge in [0.15, 0.2) is 0 Å². The van der Waals surface area contributed by atoms with E-state index in [0.29, 0.717) is 11.3 Å². The molecule has 0 bridgehead atoms. The molecule has 1 aromatic rings. The predicted octanol–water partition coefficient (Wildman–Crippen LogP) is 1.54. The Balaban J connectivity index is 2.24. The van der Waals surface area contributed by atoms with Gasteiger partial charge < -0.3 is 10.2 Å². The van der Waals surface area contributed by atoms with Gasteiger partial charge in [0.05, 0.1) is 10.9 Å². The van der Waals surface area contributed by atoms with Crippen LogP contribution in [0.15, 0.2) is 18.2 Å². The summed E-state index contributed by atoms with van der Waals surface area (Å²) in [5.41, 5.74) is 1.03. The molecule has 2 amide bonds. The summed E-state index contributed by atoms with van der Waals surface area (Å²) >= 11 is 0.974. The number of phenols is 1. The number of amides is 2. The van der Waals surface area contributed by atoms with Crippen molar-refractivity contribution in [3.63, 3.8) is 0 Å². The Hall–Kier alpha value is -2.02. The Labute approximate surface area is 125 Å². The topological polar surface area (TPSA) is 94.9 Å². The molecule has 1 aromatic carbocycles. The van der Waals surface area contributed by atoms with Crippen LogP contribution in [0.2, 0.25) is 0 Å². The van der Waals surface area contributed by atoms with Gasteiger partial charge in [-0.25, -0.2) is 4.90 Å². The van der Waals surface area contributed by atoms with Crippen molar-refractivity contribution >= 4 is 35.2 Å². The van der Waals surface area contributed by atoms with Crippen LogP contribution in [0.25, 0.3) is 0 Å². The Bertz CT molecular complexity index is 615. The number of nitrogens with zero attached hydrogens (tertiary/aromatic N) is 1. The number of imide groups is 1. The molecule has 2 unspecified atom stereocenters. The first-order valence-electron chi connectivity index (χ1n) is 6.36. The van der Waals surface area contributed by atoms with Crippen molar-refractivity contribution < 1.29 is 24.6 Å². The molecule has 21 heavy (non-hydrogen) atoms. The molecule has 0 aliphatic carbocycles. The summed E-state index contributed by atoms with van der Waals surface area (Å²) in [5, 5.41) is 16.8. The first kappa shape index (κ1) is 15.4. The molecule has 2 atom stereocenters. The molecular formula is C14H15NO5S. The van der Waals surface area contributed by atoms with E-state index in [1.807, 2.05) is 0 Å². The highest BCUT2D eigenvalue weighted by Gasteiger charge is 2.41. The van der Waals surface area contributed by atoms with Crippen molar-refractivity contribution in [3.8, 4) is 5.75 Å². The molecule has 6 nitrogen and oxygen atoms in total. The third-order valence-electron chi connectivity index (χ3n) is 3.24. The number of hydrogen-bond donors (Lipinski definition) is 2. The van der Waals surface area contributed by atoms with Crippen molar-refractivity contribution in [2.75, 3.05) is 4.90 Å². The summed E-state index contributed by atoms with van der Waals surface area (Å²) in [7, 11) is 0. The number of aryl methyl sites for hydroxylation is 1. The summed E-state index contributed by atoms with van der Waals surface area (Å²) in [6.45, 7) is 3.18. The van der Waals surface area contributed by atoms with Crippen molar-refractivity contribution in [1.82, 2.24) is 0 Å². The molecule has 0 saturated carbocycles. The van der Waals surface area contributed by atoms with Crippen LogP contribution in [-0.2, 0) is 14.4 Å². The lowest BCUT2D eigenvalue weighted by molar-refractivity contribution is -0.136. The molecule has 1 heterocycles. The number of carboxylic acid groups (broad SMARTS) is 1. The van der Waals surface area contributed by atoms with Gasteiger partial charge in [-0.3, -0.25) is 14.4 Å². The Morgan fingerprint density at radius 3 is 2.67 bits per heavy atom. The quantitative estimate of drug-likeness (QED) is 0.819. The van der Waals surface area contributed by atoms with Gasteiger partial charge in [0.1, 0.15) is 11.0 Å². The fourth-order valence-electron chi connectivity index (χ4n) is 2.16. The second-order valence-electron chi connectivity index (χ2n) is 4.85. The SMILES string of the molecule is Cc1cc(O)ccc1N1C(=O)CC(SC(C)C(=O)O)C1=O. The van der Waals surface area contributed by atoms with E-state index in [1.165, 1.54) is 25.1 Å². The highest BCUT2D eigenvalue weighted by atomic mass is 32.2. The maximum absolute atomic E-state index is 12.3. The largest absolute Gasteiger partial charge is 0.508 e. The van der Waals surface area contributed by atoms with E-state index in [-0.39, 0.29) is 18.1 Å². The molecule has 1 aliphatic heterocycles. The Morgan fingerprint density at radius 2 is 2.10 bits per heavy atom. The van der Waals surface area contributed by atoms with Gasteiger partial charge in [-0.1, -0.05) is 0 Å². The summed E-state index contributed by atoms with van der Waals surface area (Å²) in [6, 6.07) is 4.38. The third-order valence-corrected chi connectivity index (χ3v) is 4.55. The predicted molar refractivity (Wildman–Crippen MR) is 78.4 cm³/mol. The molecule has 0 aromatic heterocycles. The number of thioether (sulfide) groups is 1. The fraction of sp³-hybridized carbons (Fsp3) is 0.357. The molecule has 2 rings (SSSR count). The summed E-state index contributed by atoms with van der Waals surface area (Å²) in [4.78, 5) is 36.3. The average Bonchev–Trinajstić information content (AvgIpc) is 2.65. The number of anilines is 1. The molecule has 112 valence electrons. The maximum atomic E-state index is 12.3. The second-order valence-corrected chi connectivity index (χ2v) is 6.40. The minimum atomic E-state index is -1.01. The van der Waals surface area contributed by atoms with E-state index >= 15 is 0 Å². The van der Waals surface area contributed by atoms with E-state index in [0.717, 1.165) is 16.7 Å². The first-order chi connectivity index (χ1) is 9.81. The Morgan fingerprint density at radius 1 is 1.43 bits per heavy atom. The van der Waals surface area contributed by atoms with Crippen LogP contribution in [0.1, 0.15) is 18.9 Å². The normalized spacial score (nSPS) is 19.9. The minimum Gasteiger partial charge on any atom is -0.508 e. The van der Waals surface area contributed by atoms with E-state index in [1.54, 1.807) is 6.92 Å². The second kappa shape index (κ2) is 5.77. The molecule has 1 aliphatic rings. The fourth-order valence-corrected chi connectivity index (χ4v) is 3.23. The van der Waals surface area contributed by atoms with Crippen molar-refractivity contribution in [1.29, 1.82) is 0 Å². The highest BCUT2D eigenvalue weighted by Crippen LogP contribution is 2.34. The standard InChI is InChI=1S/C14H15NO5S/c1-7-5-9(16)3-4-10(7)15-12(17)6-11(13(15)18)21-8(2)14(19)20/h3-5,8,11,16H,6H2,1-2H3,(H,19,20). The summed E-state index contributed by atoms with van der Waals surface area (Å²) in [6.07, 6.45) is -0.0125. The zero-order valence-corrected chi connectivity index (χ0v) is 12.4. The number of phenolic OH excluding ortho intramolecular Hbond substituents is 1. The number of carbonyl (C=O) groups is 3. The van der Waals surface area contributed by atoms with Crippen molar-refractivity contribution in [2.24, 2.45) is 0 Å². The maximum Gasteiger partial charge on any atom is 0.316 e. The van der Waals surface area contributed by atoms with E-state index in [4.69, 9.17) is 5.11 Å². The number of aliphatic carboxylic acids is 1. The van der Waals surface area contributed by atoms with Gasteiger partial charge >= 0.3 is 5.97 Å². The van der Waals surface area contributed by atoms with Crippen molar-refractivity contribution in [3.05, 3.63) is 23.8 Å². The van der Waals surface area contributed by atoms with Gasteiger partial charge in [0.2, 0.25) is 11.8 Å². The van der Waals surface area contributed by atoms with Gasteiger partial charge in [0, 0.05) is 6.42 Å². The molecule has 1 fully saturated rings. The Kier molecular flexibility index (Phi) is 4.22. The first-order valence-corrected chi connectivity index (χ1v) is 7.30. The number of benzene rings is 1. The van der Waals surface area contributed by atoms with E-state index < -0.39 is 22.4 Å². The summed E-state index contributed by atoms with van der Waals surface area (Å²) < 4.78 is 0. The minimum absolute atomic E-state index is 0.0125. The zero-order valence-electron chi connectivity index (χ0n) is 11.6. The van der Waals surface area contributed by atoms with E-state index in [2.05, 4.69) is 0 Å². The van der Waals surface area contributed by atoms with Crippen LogP contribution in [0.3, 0.4) is 0 Å². The monoisotopic (exact) mass is 309 g/mol. The van der Waals surface area contributed by atoms with Crippen LogP contribution in [-0.4, -0.2) is 38.5 Å². The van der Waals surface area contributed by atoms with Gasteiger partial charge in [-0.15, -0.1) is 11.8 Å². The number of aromatic hydroxyl groups is 1. The molecule has 0 spiro atoms. The molecular weight excluding hydrogens is 294 g/mol. The van der Waals surface area contributed by atoms with Gasteiger partial charge in [-0.2, -0.15) is 0 Å². The summed E-state index contributed by atoms with van der Waals surface area (Å²) in [5.74, 6) is -1.73. The number of rotatable bonds is 4. The van der Waals surface area contributed by atoms with Crippen LogP contribution in [0, 0.1) is 6.92 Å². The van der Waals surface area contributed by atoms with Crippen LogP contribution in [0.4, 0.5) is 5.69 Å². The van der Waals surface area contributed by atoms with Gasteiger partial charge in [0.25, 0.3) is 0 Å². The van der Waals surface area contributed by atoms with E-state index in [9.17, 15) is 19.5 Å². The average molecular weight is 309 g/mol. The van der Waals surface area contributed by atoms with Crippen LogP contribution >= 0.6 is 11.8 Å². The molecule has 2 N–H and O–H groups in total. The van der Waals surface area contributed by atoms with Crippen molar-refractivity contribution in [2.45, 2.75) is 30.8 Å². The van der Waals surface area contributed by atoms with Crippen LogP contribution in [0.5, 0.6) is 5.75 Å². The molecule has 0 radical (unpaired) electrons. The third kappa shape index (κ3) is 3.02. The lowest BCUT2D eigenvalue weighted by Gasteiger charge is -2.18. The smallest absolute Gasteiger partial charge is 0.316 e. The lowest BCUT2D eigenvalue weighted by Crippen LogP contribution is -2.32. The number of carbonyl (C=O) groups excluding carboxylic acids is 2. The van der Waals surface area contributed by atoms with Gasteiger partial charge in [-0.05, 0) is 37.6 Å². The number of hydrogen-bond acceptors (Lipinski definition) is 5. The molecule has 1 saturated heterocycles. The molecule has 7 heteroatoms. The zero-order chi connectivity index (χ0) is 15.7.